The van der Waals surface area contributed by atoms with Crippen molar-refractivity contribution in [1.82, 2.24) is 19.7 Å². The molecule has 142 valence electrons. The highest BCUT2D eigenvalue weighted by atomic mass is 32.2. The third-order valence-corrected chi connectivity index (χ3v) is 5.49. The van der Waals surface area contributed by atoms with Gasteiger partial charge in [0.1, 0.15) is 0 Å². The molecule has 0 aromatic carbocycles. The summed E-state index contributed by atoms with van der Waals surface area (Å²) in [4.78, 5) is 14.7. The van der Waals surface area contributed by atoms with Gasteiger partial charge in [0.2, 0.25) is 5.91 Å². The second kappa shape index (κ2) is 9.26. The molecule has 1 aliphatic rings. The van der Waals surface area contributed by atoms with Gasteiger partial charge < -0.3 is 9.32 Å². The van der Waals surface area contributed by atoms with E-state index in [4.69, 9.17) is 4.42 Å². The summed E-state index contributed by atoms with van der Waals surface area (Å²) >= 11 is 1.48. The molecule has 7 heteroatoms. The number of carbonyl (C=O) groups is 1. The summed E-state index contributed by atoms with van der Waals surface area (Å²) in [6, 6.07) is 3.74. The van der Waals surface area contributed by atoms with Crippen LogP contribution < -0.4 is 0 Å². The van der Waals surface area contributed by atoms with Crippen LogP contribution in [0.5, 0.6) is 0 Å². The molecule has 0 atom stereocenters. The van der Waals surface area contributed by atoms with E-state index in [9.17, 15) is 4.79 Å². The molecule has 2 aromatic heterocycles. The van der Waals surface area contributed by atoms with Gasteiger partial charge in [-0.25, -0.2) is 0 Å². The number of rotatable bonds is 6. The monoisotopic (exact) mass is 376 g/mol. The molecule has 0 saturated carbocycles. The van der Waals surface area contributed by atoms with Crippen LogP contribution in [0.25, 0.3) is 11.6 Å². The van der Waals surface area contributed by atoms with Crippen LogP contribution in [0.1, 0.15) is 46.0 Å². The Bertz CT molecular complexity index is 688. The van der Waals surface area contributed by atoms with Crippen molar-refractivity contribution in [2.24, 2.45) is 5.92 Å². The maximum Gasteiger partial charge on any atom is 0.233 e. The van der Waals surface area contributed by atoms with Crippen molar-refractivity contribution >= 4 is 17.7 Å². The maximum atomic E-state index is 12.6. The number of hydrogen-bond acceptors (Lipinski definition) is 5. The number of amides is 1. The van der Waals surface area contributed by atoms with E-state index in [1.54, 1.807) is 6.26 Å². The number of furan rings is 1. The van der Waals surface area contributed by atoms with Crippen molar-refractivity contribution in [2.75, 3.05) is 18.8 Å². The summed E-state index contributed by atoms with van der Waals surface area (Å²) in [6.07, 6.45) is 7.62. The Balaban J connectivity index is 1.67. The number of nitrogens with zero attached hydrogens (tertiary/aromatic N) is 4. The van der Waals surface area contributed by atoms with Crippen LogP contribution in [0.2, 0.25) is 0 Å². The van der Waals surface area contributed by atoms with Crippen molar-refractivity contribution in [1.29, 1.82) is 0 Å². The molecule has 0 N–H and O–H groups in total. The molecule has 0 aliphatic carbocycles. The number of likely N-dealkylation sites (tertiary alicyclic amines) is 1. The van der Waals surface area contributed by atoms with Crippen molar-refractivity contribution in [3.63, 3.8) is 0 Å². The topological polar surface area (TPSA) is 64.2 Å². The second-order valence-corrected chi connectivity index (χ2v) is 8.17. The van der Waals surface area contributed by atoms with Crippen molar-refractivity contribution < 1.29 is 9.21 Å². The third-order valence-electron chi connectivity index (χ3n) is 4.54. The van der Waals surface area contributed by atoms with Crippen LogP contribution >= 0.6 is 11.8 Å². The average molecular weight is 377 g/mol. The first-order chi connectivity index (χ1) is 12.6. The largest absolute Gasteiger partial charge is 0.461 e. The second-order valence-electron chi connectivity index (χ2n) is 7.23. The molecule has 1 amide bonds. The van der Waals surface area contributed by atoms with Gasteiger partial charge in [-0.05, 0) is 30.9 Å². The van der Waals surface area contributed by atoms with Crippen LogP contribution in [-0.2, 0) is 11.3 Å². The van der Waals surface area contributed by atoms with Crippen LogP contribution in [0, 0.1) is 5.92 Å². The van der Waals surface area contributed by atoms with Crippen molar-refractivity contribution in [3.05, 3.63) is 18.4 Å². The van der Waals surface area contributed by atoms with E-state index in [0.717, 1.165) is 43.5 Å². The highest BCUT2D eigenvalue weighted by Crippen LogP contribution is 2.26. The molecular weight excluding hydrogens is 348 g/mol. The Hall–Kier alpha value is -1.76. The molecule has 0 bridgehead atoms. The van der Waals surface area contributed by atoms with E-state index in [-0.39, 0.29) is 5.91 Å². The molecular formula is C19H28N4O2S. The predicted molar refractivity (Wildman–Crippen MR) is 103 cm³/mol. The van der Waals surface area contributed by atoms with Gasteiger partial charge in [-0.15, -0.1) is 10.2 Å². The number of aromatic nitrogens is 3. The predicted octanol–water partition coefficient (Wildman–Crippen LogP) is 4.08. The minimum atomic E-state index is 0.204. The molecule has 3 heterocycles. The fourth-order valence-electron chi connectivity index (χ4n) is 3.23. The molecule has 2 aromatic rings. The van der Waals surface area contributed by atoms with E-state index >= 15 is 0 Å². The van der Waals surface area contributed by atoms with E-state index in [1.165, 1.54) is 31.0 Å². The van der Waals surface area contributed by atoms with Crippen LogP contribution in [0.3, 0.4) is 0 Å². The first kappa shape index (κ1) is 19.0. The fourth-order valence-corrected chi connectivity index (χ4v) is 4.08. The Labute approximate surface area is 159 Å². The Morgan fingerprint density at radius 3 is 2.58 bits per heavy atom. The molecule has 0 unspecified atom stereocenters. The van der Waals surface area contributed by atoms with E-state index in [1.807, 2.05) is 17.0 Å². The SMILES string of the molecule is CC(C)Cn1c(SCC(=O)N2CCCCCCC2)nnc1-c1ccco1. The maximum absolute atomic E-state index is 12.6. The highest BCUT2D eigenvalue weighted by molar-refractivity contribution is 7.99. The summed E-state index contributed by atoms with van der Waals surface area (Å²) in [5.41, 5.74) is 0. The zero-order chi connectivity index (χ0) is 18.4. The van der Waals surface area contributed by atoms with E-state index in [2.05, 4.69) is 28.6 Å². The number of hydrogen-bond donors (Lipinski definition) is 0. The Morgan fingerprint density at radius 1 is 1.19 bits per heavy atom. The molecule has 1 aliphatic heterocycles. The van der Waals surface area contributed by atoms with E-state index in [0.29, 0.717) is 17.4 Å². The number of carbonyl (C=O) groups excluding carboxylic acids is 1. The summed E-state index contributed by atoms with van der Waals surface area (Å²) in [7, 11) is 0. The van der Waals surface area contributed by atoms with Gasteiger partial charge in [-0.3, -0.25) is 9.36 Å². The summed E-state index contributed by atoms with van der Waals surface area (Å²) in [6.45, 7) is 6.88. The summed E-state index contributed by atoms with van der Waals surface area (Å²) < 4.78 is 7.56. The first-order valence-corrected chi connectivity index (χ1v) is 10.5. The minimum Gasteiger partial charge on any atom is -0.461 e. The highest BCUT2D eigenvalue weighted by Gasteiger charge is 2.20. The summed E-state index contributed by atoms with van der Waals surface area (Å²) in [5, 5.41) is 9.41. The van der Waals surface area contributed by atoms with Gasteiger partial charge in [0, 0.05) is 19.6 Å². The lowest BCUT2D eigenvalue weighted by molar-refractivity contribution is -0.128. The standard InChI is InChI=1S/C19H28N4O2S/c1-15(2)13-23-18(16-9-8-12-25-16)20-21-19(23)26-14-17(24)22-10-6-4-3-5-7-11-22/h8-9,12,15H,3-7,10-11,13-14H2,1-2H3. The van der Waals surface area contributed by atoms with Gasteiger partial charge in [-0.1, -0.05) is 44.9 Å². The molecule has 6 nitrogen and oxygen atoms in total. The van der Waals surface area contributed by atoms with Gasteiger partial charge in [0.25, 0.3) is 0 Å². The van der Waals surface area contributed by atoms with Crippen LogP contribution in [-0.4, -0.2) is 44.4 Å². The Kier molecular flexibility index (Phi) is 6.77. The van der Waals surface area contributed by atoms with Gasteiger partial charge in [-0.2, -0.15) is 0 Å². The fraction of sp³-hybridized carbons (Fsp3) is 0.632. The molecule has 0 radical (unpaired) electrons. The molecule has 26 heavy (non-hydrogen) atoms. The third kappa shape index (κ3) is 4.90. The normalized spacial score (nSPS) is 15.9. The molecule has 3 rings (SSSR count). The quantitative estimate of drug-likeness (QED) is 0.711. The Morgan fingerprint density at radius 2 is 1.92 bits per heavy atom. The van der Waals surface area contributed by atoms with Crippen molar-refractivity contribution in [2.45, 2.75) is 57.7 Å². The summed E-state index contributed by atoms with van der Waals surface area (Å²) in [5.74, 6) is 2.50. The van der Waals surface area contributed by atoms with Gasteiger partial charge in [0.15, 0.2) is 16.7 Å². The number of thioether (sulfide) groups is 1. The zero-order valence-corrected chi connectivity index (χ0v) is 16.5. The lowest BCUT2D eigenvalue weighted by Crippen LogP contribution is -2.35. The first-order valence-electron chi connectivity index (χ1n) is 9.53. The average Bonchev–Trinajstić information content (AvgIpc) is 3.21. The smallest absolute Gasteiger partial charge is 0.233 e. The molecule has 1 saturated heterocycles. The minimum absolute atomic E-state index is 0.204. The van der Waals surface area contributed by atoms with Crippen molar-refractivity contribution in [3.8, 4) is 11.6 Å². The lowest BCUT2D eigenvalue weighted by atomic mass is 10.1. The van der Waals surface area contributed by atoms with Crippen LogP contribution in [0.4, 0.5) is 0 Å². The lowest BCUT2D eigenvalue weighted by Gasteiger charge is -2.24. The molecule has 0 spiro atoms. The zero-order valence-electron chi connectivity index (χ0n) is 15.7. The molecule has 1 fully saturated rings. The van der Waals surface area contributed by atoms with E-state index < -0.39 is 0 Å². The van der Waals surface area contributed by atoms with Gasteiger partial charge >= 0.3 is 0 Å². The van der Waals surface area contributed by atoms with Crippen LogP contribution in [0.15, 0.2) is 28.0 Å². The van der Waals surface area contributed by atoms with Gasteiger partial charge in [0.05, 0.1) is 12.0 Å².